The van der Waals surface area contributed by atoms with E-state index < -0.39 is 35.7 Å². The second-order valence-electron chi connectivity index (χ2n) is 9.73. The van der Waals surface area contributed by atoms with E-state index in [9.17, 15) is 29.7 Å². The van der Waals surface area contributed by atoms with Gasteiger partial charge in [0.15, 0.2) is 11.6 Å². The molecule has 0 spiro atoms. The first-order valence-corrected chi connectivity index (χ1v) is 10.6. The normalized spacial score (nSPS) is 46.2. The number of allylic oxidation sites excluding steroid dienone is 1. The molecule has 3 fully saturated rings. The molecule has 0 unspecified atom stereocenters. The third-order valence-electron chi connectivity index (χ3n) is 8.05. The van der Waals surface area contributed by atoms with Gasteiger partial charge in [0.1, 0.15) is 18.3 Å². The molecule has 4 rings (SSSR count). The SMILES string of the molecule is CC(=O)O[C@H]1C[C@@H]2C[C@](O)(C(=O)CO)C[C@@H]2[C@H]2CCC3=CC(=O)C[C@H]3[C@](C)(O)[C@@H]21. The lowest BCUT2D eigenvalue weighted by atomic mass is 9.59. The Morgan fingerprint density at radius 3 is 2.62 bits per heavy atom. The van der Waals surface area contributed by atoms with Crippen LogP contribution in [0.1, 0.15) is 52.4 Å². The van der Waals surface area contributed by atoms with Crippen molar-refractivity contribution in [3.05, 3.63) is 11.6 Å². The molecular formula is C22H30O7. The lowest BCUT2D eigenvalue weighted by Crippen LogP contribution is -2.55. The molecule has 0 saturated heterocycles. The van der Waals surface area contributed by atoms with Gasteiger partial charge in [-0.25, -0.2) is 0 Å². The van der Waals surface area contributed by atoms with Gasteiger partial charge in [-0.2, -0.15) is 0 Å². The van der Waals surface area contributed by atoms with Gasteiger partial charge >= 0.3 is 5.97 Å². The van der Waals surface area contributed by atoms with Crippen LogP contribution in [0.4, 0.5) is 0 Å². The number of hydrogen-bond donors (Lipinski definition) is 3. The molecule has 4 aliphatic rings. The van der Waals surface area contributed by atoms with Crippen molar-refractivity contribution in [2.24, 2.45) is 29.6 Å². The maximum Gasteiger partial charge on any atom is 0.302 e. The largest absolute Gasteiger partial charge is 0.462 e. The number of rotatable bonds is 3. The summed E-state index contributed by atoms with van der Waals surface area (Å²) >= 11 is 0. The molecule has 0 aromatic rings. The Labute approximate surface area is 170 Å². The highest BCUT2D eigenvalue weighted by Crippen LogP contribution is 2.59. The number of esters is 1. The van der Waals surface area contributed by atoms with Crippen LogP contribution < -0.4 is 0 Å². The molecule has 8 atom stereocenters. The summed E-state index contributed by atoms with van der Waals surface area (Å²) in [6.07, 6.45) is 3.72. The van der Waals surface area contributed by atoms with Crippen LogP contribution in [-0.2, 0) is 19.1 Å². The monoisotopic (exact) mass is 406 g/mol. The third-order valence-corrected chi connectivity index (χ3v) is 8.05. The van der Waals surface area contributed by atoms with Crippen molar-refractivity contribution in [1.82, 2.24) is 0 Å². The smallest absolute Gasteiger partial charge is 0.302 e. The molecular weight excluding hydrogens is 376 g/mol. The minimum Gasteiger partial charge on any atom is -0.462 e. The Balaban J connectivity index is 1.73. The van der Waals surface area contributed by atoms with E-state index in [0.717, 1.165) is 5.57 Å². The summed E-state index contributed by atoms with van der Waals surface area (Å²) in [6.45, 7) is 2.38. The van der Waals surface area contributed by atoms with Crippen LogP contribution in [-0.4, -0.2) is 56.8 Å². The van der Waals surface area contributed by atoms with Crippen molar-refractivity contribution in [2.45, 2.75) is 69.7 Å². The van der Waals surface area contributed by atoms with Crippen LogP contribution in [0.3, 0.4) is 0 Å². The maximum absolute atomic E-state index is 12.2. The molecule has 0 amide bonds. The van der Waals surface area contributed by atoms with E-state index in [1.165, 1.54) is 6.92 Å². The first-order valence-electron chi connectivity index (χ1n) is 10.6. The third kappa shape index (κ3) is 3.27. The number of aliphatic hydroxyl groups excluding tert-OH is 1. The average Bonchev–Trinajstić information content (AvgIpc) is 3.15. The summed E-state index contributed by atoms with van der Waals surface area (Å²) < 4.78 is 5.67. The number of ether oxygens (including phenoxy) is 1. The Hall–Kier alpha value is -1.57. The molecule has 0 heterocycles. The summed E-state index contributed by atoms with van der Waals surface area (Å²) in [6, 6.07) is 0. The van der Waals surface area contributed by atoms with E-state index >= 15 is 0 Å². The van der Waals surface area contributed by atoms with E-state index in [0.29, 0.717) is 19.3 Å². The molecule has 160 valence electrons. The molecule has 7 heteroatoms. The average molecular weight is 406 g/mol. The summed E-state index contributed by atoms with van der Waals surface area (Å²) in [5, 5.41) is 31.9. The number of carbonyl (C=O) groups excluding carboxylic acids is 3. The minimum atomic E-state index is -1.57. The van der Waals surface area contributed by atoms with Crippen LogP contribution >= 0.6 is 0 Å². The number of hydrogen-bond acceptors (Lipinski definition) is 7. The zero-order chi connectivity index (χ0) is 21.1. The predicted molar refractivity (Wildman–Crippen MR) is 101 cm³/mol. The van der Waals surface area contributed by atoms with Gasteiger partial charge in [0.25, 0.3) is 0 Å². The number of ketones is 2. The second kappa shape index (κ2) is 7.00. The summed E-state index contributed by atoms with van der Waals surface area (Å²) in [4.78, 5) is 36.1. The lowest BCUT2D eigenvalue weighted by molar-refractivity contribution is -0.178. The van der Waals surface area contributed by atoms with Gasteiger partial charge in [-0.15, -0.1) is 0 Å². The zero-order valence-electron chi connectivity index (χ0n) is 17.0. The highest BCUT2D eigenvalue weighted by Gasteiger charge is 2.62. The Kier molecular flexibility index (Phi) is 4.99. The van der Waals surface area contributed by atoms with Gasteiger partial charge in [0, 0.05) is 25.2 Å². The van der Waals surface area contributed by atoms with Crippen LogP contribution in [0.15, 0.2) is 11.6 Å². The van der Waals surface area contributed by atoms with Gasteiger partial charge in [-0.1, -0.05) is 5.57 Å². The van der Waals surface area contributed by atoms with Gasteiger partial charge in [0.2, 0.25) is 0 Å². The topological polar surface area (TPSA) is 121 Å². The first-order chi connectivity index (χ1) is 13.6. The van der Waals surface area contributed by atoms with Crippen molar-refractivity contribution in [3.8, 4) is 0 Å². The number of aliphatic hydroxyl groups is 3. The fourth-order valence-corrected chi connectivity index (χ4v) is 6.98. The van der Waals surface area contributed by atoms with Gasteiger partial charge in [0.05, 0.1) is 5.60 Å². The maximum atomic E-state index is 12.2. The van der Waals surface area contributed by atoms with Crippen molar-refractivity contribution in [2.75, 3.05) is 6.61 Å². The van der Waals surface area contributed by atoms with Crippen molar-refractivity contribution in [3.63, 3.8) is 0 Å². The fraction of sp³-hybridized carbons (Fsp3) is 0.773. The highest BCUT2D eigenvalue weighted by molar-refractivity contribution is 5.93. The molecule has 29 heavy (non-hydrogen) atoms. The zero-order valence-corrected chi connectivity index (χ0v) is 17.0. The quantitative estimate of drug-likeness (QED) is 0.596. The van der Waals surface area contributed by atoms with Crippen LogP contribution in [0.2, 0.25) is 0 Å². The van der Waals surface area contributed by atoms with Crippen molar-refractivity contribution < 1.29 is 34.4 Å². The summed E-state index contributed by atoms with van der Waals surface area (Å²) in [5.74, 6) is -1.72. The molecule has 0 aromatic heterocycles. The van der Waals surface area contributed by atoms with Gasteiger partial charge < -0.3 is 20.1 Å². The Bertz CT molecular complexity index is 769. The fourth-order valence-electron chi connectivity index (χ4n) is 6.98. The standard InChI is InChI=1S/C22H30O7/c1-11(24)29-18-6-13-8-22(28,19(26)10-23)9-16(13)15-4-3-12-5-14(25)7-17(12)21(2,27)20(15)18/h5,13,15-18,20,23,27-28H,3-4,6-10H2,1-2H3/t13-,15-,16+,17-,18+,20+,21+,22-/m1/s1. The number of Topliss-reactive ketones (excluding diaryl/α,β-unsaturated/α-hetero) is 1. The number of fused-ring (bicyclic) bond motifs is 4. The molecule has 3 N–H and O–H groups in total. The highest BCUT2D eigenvalue weighted by atomic mass is 16.5. The second-order valence-corrected chi connectivity index (χ2v) is 9.73. The van der Waals surface area contributed by atoms with E-state index in [4.69, 9.17) is 4.74 Å². The summed E-state index contributed by atoms with van der Waals surface area (Å²) in [5.41, 5.74) is -1.85. The van der Waals surface area contributed by atoms with Crippen LogP contribution in [0, 0.1) is 29.6 Å². The van der Waals surface area contributed by atoms with Gasteiger partial charge in [-0.05, 0) is 62.9 Å². The van der Waals surface area contributed by atoms with Gasteiger partial charge in [-0.3, -0.25) is 14.4 Å². The Morgan fingerprint density at radius 1 is 1.24 bits per heavy atom. The molecule has 0 aliphatic heterocycles. The summed E-state index contributed by atoms with van der Waals surface area (Å²) in [7, 11) is 0. The Morgan fingerprint density at radius 2 is 1.97 bits per heavy atom. The molecule has 3 saturated carbocycles. The van der Waals surface area contributed by atoms with Crippen LogP contribution in [0.5, 0.6) is 0 Å². The first kappa shape index (κ1) is 20.7. The van der Waals surface area contributed by atoms with E-state index in [-0.39, 0.29) is 54.6 Å². The molecule has 0 aromatic carbocycles. The molecule has 0 radical (unpaired) electrons. The van der Waals surface area contributed by atoms with Crippen molar-refractivity contribution in [1.29, 1.82) is 0 Å². The molecule has 4 aliphatic carbocycles. The van der Waals surface area contributed by atoms with E-state index in [1.807, 2.05) is 0 Å². The van der Waals surface area contributed by atoms with E-state index in [1.54, 1.807) is 13.0 Å². The molecule has 7 nitrogen and oxygen atoms in total. The molecule has 0 bridgehead atoms. The lowest BCUT2D eigenvalue weighted by Gasteiger charge is -2.50. The predicted octanol–water partition coefficient (Wildman–Crippen LogP) is 0.933. The minimum absolute atomic E-state index is 0.00564. The van der Waals surface area contributed by atoms with Crippen LogP contribution in [0.25, 0.3) is 0 Å². The van der Waals surface area contributed by atoms with Crippen molar-refractivity contribution >= 4 is 17.5 Å². The van der Waals surface area contributed by atoms with E-state index in [2.05, 4.69) is 0 Å². The number of carbonyl (C=O) groups is 3.